The van der Waals surface area contributed by atoms with Gasteiger partial charge in [0.25, 0.3) is 0 Å². The summed E-state index contributed by atoms with van der Waals surface area (Å²) in [6, 6.07) is 28.0. The first-order valence-electron chi connectivity index (χ1n) is 11.5. The summed E-state index contributed by atoms with van der Waals surface area (Å²) in [4.78, 5) is 11.0. The number of rotatable bonds is 11. The maximum absolute atomic E-state index is 11.0. The molecule has 0 spiro atoms. The van der Waals surface area contributed by atoms with Gasteiger partial charge in [0.1, 0.15) is 24.7 Å². The second-order valence-corrected chi connectivity index (χ2v) is 8.20. The number of aliphatic hydroxyl groups is 1. The van der Waals surface area contributed by atoms with Crippen LogP contribution >= 0.6 is 0 Å². The molecule has 3 N–H and O–H groups in total. The zero-order valence-electron chi connectivity index (χ0n) is 19.1. The Kier molecular flexibility index (Phi) is 7.79. The maximum atomic E-state index is 11.0. The Bertz CT molecular complexity index is 1230. The van der Waals surface area contributed by atoms with E-state index in [0.717, 1.165) is 51.8 Å². The van der Waals surface area contributed by atoms with Crippen molar-refractivity contribution < 1.29 is 19.4 Å². The number of amides is 1. The SMILES string of the molecule is NC(=O)CCCc1cccc2ccc(OCCOc3ccc(-c4ccc(CO)cc4)cc3)cc12. The van der Waals surface area contributed by atoms with E-state index in [4.69, 9.17) is 15.2 Å². The van der Waals surface area contributed by atoms with Gasteiger partial charge in [0.15, 0.2) is 0 Å². The van der Waals surface area contributed by atoms with Gasteiger partial charge in [-0.1, -0.05) is 60.7 Å². The van der Waals surface area contributed by atoms with Crippen LogP contribution in [0.15, 0.2) is 84.9 Å². The van der Waals surface area contributed by atoms with Gasteiger partial charge < -0.3 is 20.3 Å². The Morgan fingerprint density at radius 3 is 2.12 bits per heavy atom. The number of fused-ring (bicyclic) bond motifs is 1. The van der Waals surface area contributed by atoms with Crippen LogP contribution in [0, 0.1) is 0 Å². The van der Waals surface area contributed by atoms with Gasteiger partial charge in [-0.3, -0.25) is 4.79 Å². The Morgan fingerprint density at radius 1 is 0.794 bits per heavy atom. The van der Waals surface area contributed by atoms with E-state index in [1.165, 1.54) is 5.56 Å². The molecular formula is C29H29NO4. The normalized spacial score (nSPS) is 10.9. The minimum atomic E-state index is -0.268. The number of aliphatic hydroxyl groups excluding tert-OH is 1. The van der Waals surface area contributed by atoms with Gasteiger partial charge in [-0.25, -0.2) is 0 Å². The predicted molar refractivity (Wildman–Crippen MR) is 135 cm³/mol. The first-order chi connectivity index (χ1) is 16.6. The van der Waals surface area contributed by atoms with Crippen molar-refractivity contribution in [2.75, 3.05) is 13.2 Å². The molecule has 0 atom stereocenters. The molecule has 0 aromatic heterocycles. The van der Waals surface area contributed by atoms with Crippen LogP contribution in [0.2, 0.25) is 0 Å². The third-order valence-electron chi connectivity index (χ3n) is 5.76. The average molecular weight is 456 g/mol. The zero-order valence-corrected chi connectivity index (χ0v) is 19.1. The molecule has 4 aromatic carbocycles. The van der Waals surface area contributed by atoms with Gasteiger partial charge in [-0.05, 0) is 70.1 Å². The Hall–Kier alpha value is -3.83. The molecule has 0 fully saturated rings. The molecule has 0 saturated carbocycles. The number of ether oxygens (including phenoxy) is 2. The van der Waals surface area contributed by atoms with Gasteiger partial charge in [0, 0.05) is 6.42 Å². The molecule has 0 radical (unpaired) electrons. The van der Waals surface area contributed by atoms with E-state index < -0.39 is 0 Å². The molecule has 0 aliphatic carbocycles. The molecule has 1 amide bonds. The van der Waals surface area contributed by atoms with Crippen LogP contribution < -0.4 is 15.2 Å². The van der Waals surface area contributed by atoms with Gasteiger partial charge in [0.05, 0.1) is 6.61 Å². The highest BCUT2D eigenvalue weighted by atomic mass is 16.5. The van der Waals surface area contributed by atoms with E-state index in [2.05, 4.69) is 18.2 Å². The second-order valence-electron chi connectivity index (χ2n) is 8.20. The molecule has 4 aromatic rings. The summed E-state index contributed by atoms with van der Waals surface area (Å²) in [5.74, 6) is 1.31. The summed E-state index contributed by atoms with van der Waals surface area (Å²) in [6.07, 6.45) is 1.93. The topological polar surface area (TPSA) is 81.8 Å². The Labute approximate surface area is 199 Å². The number of primary amides is 1. The van der Waals surface area contributed by atoms with Gasteiger partial charge >= 0.3 is 0 Å². The second kappa shape index (κ2) is 11.3. The van der Waals surface area contributed by atoms with Crippen molar-refractivity contribution in [3.63, 3.8) is 0 Å². The summed E-state index contributed by atoms with van der Waals surface area (Å²) in [5.41, 5.74) is 9.54. The zero-order chi connectivity index (χ0) is 23.8. The fraction of sp³-hybridized carbons (Fsp3) is 0.207. The lowest BCUT2D eigenvalue weighted by Gasteiger charge is -2.11. The lowest BCUT2D eigenvalue weighted by molar-refractivity contribution is -0.118. The summed E-state index contributed by atoms with van der Waals surface area (Å²) in [6.45, 7) is 0.912. The molecular weight excluding hydrogens is 426 g/mol. The van der Waals surface area contributed by atoms with Crippen molar-refractivity contribution in [1.29, 1.82) is 0 Å². The fourth-order valence-corrected chi connectivity index (χ4v) is 3.94. The van der Waals surface area contributed by atoms with Crippen LogP contribution in [-0.2, 0) is 17.8 Å². The van der Waals surface area contributed by atoms with Crippen molar-refractivity contribution in [3.8, 4) is 22.6 Å². The van der Waals surface area contributed by atoms with Crippen LogP contribution in [-0.4, -0.2) is 24.2 Å². The Balaban J connectivity index is 1.30. The summed E-state index contributed by atoms with van der Waals surface area (Å²) in [7, 11) is 0. The van der Waals surface area contributed by atoms with E-state index in [0.29, 0.717) is 19.6 Å². The van der Waals surface area contributed by atoms with Crippen LogP contribution in [0.3, 0.4) is 0 Å². The monoisotopic (exact) mass is 455 g/mol. The molecule has 0 unspecified atom stereocenters. The van der Waals surface area contributed by atoms with Crippen LogP contribution in [0.4, 0.5) is 0 Å². The lowest BCUT2D eigenvalue weighted by atomic mass is 10.00. The molecule has 4 rings (SSSR count). The number of aryl methyl sites for hydroxylation is 1. The number of hydrogen-bond donors (Lipinski definition) is 2. The van der Waals surface area contributed by atoms with Crippen LogP contribution in [0.25, 0.3) is 21.9 Å². The molecule has 174 valence electrons. The maximum Gasteiger partial charge on any atom is 0.217 e. The van der Waals surface area contributed by atoms with Crippen LogP contribution in [0.5, 0.6) is 11.5 Å². The summed E-state index contributed by atoms with van der Waals surface area (Å²) < 4.78 is 11.8. The number of carbonyl (C=O) groups excluding carboxylic acids is 1. The third kappa shape index (κ3) is 6.15. The fourth-order valence-electron chi connectivity index (χ4n) is 3.94. The lowest BCUT2D eigenvalue weighted by Crippen LogP contribution is -2.10. The first kappa shape index (κ1) is 23.3. The van der Waals surface area contributed by atoms with E-state index >= 15 is 0 Å². The first-order valence-corrected chi connectivity index (χ1v) is 11.5. The minimum absolute atomic E-state index is 0.0481. The predicted octanol–water partition coefficient (Wildman–Crippen LogP) is 5.26. The highest BCUT2D eigenvalue weighted by Crippen LogP contribution is 2.26. The molecule has 0 saturated heterocycles. The van der Waals surface area contributed by atoms with E-state index in [1.54, 1.807) is 0 Å². The number of hydrogen-bond acceptors (Lipinski definition) is 4. The highest BCUT2D eigenvalue weighted by Gasteiger charge is 2.05. The largest absolute Gasteiger partial charge is 0.490 e. The van der Waals surface area contributed by atoms with Crippen LogP contribution in [0.1, 0.15) is 24.0 Å². The van der Waals surface area contributed by atoms with Crippen molar-refractivity contribution >= 4 is 16.7 Å². The standard InChI is InChI=1S/C29H29NO4/c30-29(32)6-2-5-24-3-1-4-25-13-16-27(19-28(24)25)34-18-17-33-26-14-11-23(12-15-26)22-9-7-21(20-31)8-10-22/h1,3-4,7-16,19,31H,2,5-6,17-18,20H2,(H2,30,32). The number of benzene rings is 4. The average Bonchev–Trinajstić information content (AvgIpc) is 2.87. The molecule has 0 aliphatic heterocycles. The van der Waals surface area contributed by atoms with Crippen molar-refractivity contribution in [2.45, 2.75) is 25.9 Å². The molecule has 0 aliphatic rings. The smallest absolute Gasteiger partial charge is 0.217 e. The molecule has 0 bridgehead atoms. The van der Waals surface area contributed by atoms with Gasteiger partial charge in [0.2, 0.25) is 5.91 Å². The Morgan fingerprint density at radius 2 is 1.44 bits per heavy atom. The minimum Gasteiger partial charge on any atom is -0.490 e. The van der Waals surface area contributed by atoms with Gasteiger partial charge in [-0.15, -0.1) is 0 Å². The molecule has 5 nitrogen and oxygen atoms in total. The highest BCUT2D eigenvalue weighted by molar-refractivity contribution is 5.87. The van der Waals surface area contributed by atoms with E-state index in [9.17, 15) is 9.90 Å². The summed E-state index contributed by atoms with van der Waals surface area (Å²) in [5, 5.41) is 11.5. The van der Waals surface area contributed by atoms with Crippen molar-refractivity contribution in [3.05, 3.63) is 96.1 Å². The van der Waals surface area contributed by atoms with E-state index in [1.807, 2.05) is 66.7 Å². The van der Waals surface area contributed by atoms with Gasteiger partial charge in [-0.2, -0.15) is 0 Å². The molecule has 5 heteroatoms. The third-order valence-corrected chi connectivity index (χ3v) is 5.76. The number of nitrogens with two attached hydrogens (primary N) is 1. The molecule has 34 heavy (non-hydrogen) atoms. The quantitative estimate of drug-likeness (QED) is 0.302. The van der Waals surface area contributed by atoms with Crippen molar-refractivity contribution in [2.24, 2.45) is 5.73 Å². The summed E-state index contributed by atoms with van der Waals surface area (Å²) >= 11 is 0. The van der Waals surface area contributed by atoms with E-state index in [-0.39, 0.29) is 12.5 Å². The van der Waals surface area contributed by atoms with Crippen molar-refractivity contribution in [1.82, 2.24) is 0 Å². The number of carbonyl (C=O) groups is 1. The molecule has 0 heterocycles.